The quantitative estimate of drug-likeness (QED) is 0.468. The van der Waals surface area contributed by atoms with Crippen LogP contribution in [0, 0.1) is 23.1 Å². The number of hydrogen-bond donors (Lipinski definition) is 0. The lowest BCUT2D eigenvalue weighted by molar-refractivity contribution is -0.111. The minimum Gasteiger partial charge on any atom is -0.283 e. The van der Waals surface area contributed by atoms with Crippen molar-refractivity contribution in [3.05, 3.63) is 79.1 Å². The Morgan fingerprint density at radius 1 is 1.18 bits per heavy atom. The first kappa shape index (κ1) is 24.0. The summed E-state index contributed by atoms with van der Waals surface area (Å²) in [4.78, 5) is 30.9. The Hall–Kier alpha value is -3.09. The van der Waals surface area contributed by atoms with E-state index in [4.69, 9.17) is 23.2 Å². The highest BCUT2D eigenvalue weighted by atomic mass is 35.5. The smallest absolute Gasteiger partial charge is 0.283 e. The fourth-order valence-electron chi connectivity index (χ4n) is 4.21. The number of pyridine rings is 1. The monoisotopic (exact) mass is 508 g/mol. The molecule has 0 spiro atoms. The summed E-state index contributed by atoms with van der Waals surface area (Å²) in [6.07, 6.45) is 2.41. The van der Waals surface area contributed by atoms with Gasteiger partial charge in [-0.2, -0.15) is 5.26 Å². The van der Waals surface area contributed by atoms with Gasteiger partial charge in [0.1, 0.15) is 12.4 Å². The van der Waals surface area contributed by atoms with E-state index in [1.807, 2.05) is 6.07 Å². The molecule has 2 heterocycles. The number of alkyl halides is 2. The van der Waals surface area contributed by atoms with Crippen LogP contribution in [0.4, 0.5) is 13.2 Å². The average molecular weight is 509 g/mol. The van der Waals surface area contributed by atoms with Crippen LogP contribution in [0.3, 0.4) is 0 Å². The van der Waals surface area contributed by atoms with Crippen LogP contribution in [0.1, 0.15) is 25.0 Å². The van der Waals surface area contributed by atoms with Crippen LogP contribution in [0.15, 0.2) is 46.2 Å². The molecule has 0 N–H and O–H groups in total. The molecule has 176 valence electrons. The number of benzene rings is 1. The standard InChI is InChI=1S/C23H17Cl2F3N4O2/c24-15-8-16(12-30-11-15)32-21(33)20(14-2-3-18(26)17(25)7-14)19(31(6-5-29)22(32)34)4-1-13-9-23(27,28)10-13/h2-3,7-8,11-13H,1,4,6,9-10H2. The summed E-state index contributed by atoms with van der Waals surface area (Å²) >= 11 is 12.0. The Kier molecular flexibility index (Phi) is 6.56. The molecule has 1 aliphatic rings. The molecule has 2 aromatic heterocycles. The Balaban J connectivity index is 1.96. The molecule has 4 rings (SSSR count). The van der Waals surface area contributed by atoms with Crippen molar-refractivity contribution < 1.29 is 13.2 Å². The van der Waals surface area contributed by atoms with Gasteiger partial charge in [-0.15, -0.1) is 0 Å². The molecule has 1 aromatic carbocycles. The second kappa shape index (κ2) is 9.28. The van der Waals surface area contributed by atoms with Crippen molar-refractivity contribution in [2.24, 2.45) is 5.92 Å². The van der Waals surface area contributed by atoms with Crippen molar-refractivity contribution in [1.82, 2.24) is 14.1 Å². The van der Waals surface area contributed by atoms with Crippen molar-refractivity contribution in [3.63, 3.8) is 0 Å². The van der Waals surface area contributed by atoms with Gasteiger partial charge in [0.15, 0.2) is 0 Å². The lowest BCUT2D eigenvalue weighted by atomic mass is 9.78. The molecule has 6 nitrogen and oxygen atoms in total. The van der Waals surface area contributed by atoms with Gasteiger partial charge in [-0.05, 0) is 42.5 Å². The summed E-state index contributed by atoms with van der Waals surface area (Å²) in [7, 11) is 0. The van der Waals surface area contributed by atoms with Crippen molar-refractivity contribution in [2.75, 3.05) is 0 Å². The van der Waals surface area contributed by atoms with Gasteiger partial charge in [-0.25, -0.2) is 22.5 Å². The molecule has 34 heavy (non-hydrogen) atoms. The van der Waals surface area contributed by atoms with Gasteiger partial charge >= 0.3 is 5.69 Å². The van der Waals surface area contributed by atoms with Crippen molar-refractivity contribution in [3.8, 4) is 22.9 Å². The molecule has 11 heteroatoms. The number of nitriles is 1. The third-order valence-electron chi connectivity index (χ3n) is 5.80. The minimum atomic E-state index is -2.71. The fraction of sp³-hybridized carbons (Fsp3) is 0.304. The number of rotatable bonds is 6. The molecule has 0 aliphatic heterocycles. The van der Waals surface area contributed by atoms with Gasteiger partial charge in [0.2, 0.25) is 5.92 Å². The van der Waals surface area contributed by atoms with Crippen LogP contribution in [-0.2, 0) is 13.0 Å². The summed E-state index contributed by atoms with van der Waals surface area (Å²) in [5.41, 5.74) is -1.04. The molecule has 1 aliphatic carbocycles. The zero-order chi connectivity index (χ0) is 24.6. The molecule has 0 bridgehead atoms. The van der Waals surface area contributed by atoms with Crippen LogP contribution in [0.25, 0.3) is 16.8 Å². The molecule has 0 radical (unpaired) electrons. The second-order valence-electron chi connectivity index (χ2n) is 8.15. The number of hydrogen-bond acceptors (Lipinski definition) is 4. The zero-order valence-corrected chi connectivity index (χ0v) is 19.1. The van der Waals surface area contributed by atoms with Crippen LogP contribution in [-0.4, -0.2) is 20.0 Å². The van der Waals surface area contributed by atoms with Gasteiger partial charge in [0.05, 0.1) is 33.6 Å². The van der Waals surface area contributed by atoms with Crippen molar-refractivity contribution >= 4 is 23.2 Å². The average Bonchev–Trinajstić information content (AvgIpc) is 2.75. The lowest BCUT2D eigenvalue weighted by Crippen LogP contribution is -2.42. The van der Waals surface area contributed by atoms with Crippen molar-refractivity contribution in [1.29, 1.82) is 5.26 Å². The molecule has 0 unspecified atom stereocenters. The molecule has 0 saturated heterocycles. The highest BCUT2D eigenvalue weighted by molar-refractivity contribution is 6.31. The predicted molar refractivity (Wildman–Crippen MR) is 121 cm³/mol. The molecule has 0 amide bonds. The summed E-state index contributed by atoms with van der Waals surface area (Å²) in [6.45, 7) is -0.398. The normalized spacial score (nSPS) is 15.1. The first-order chi connectivity index (χ1) is 16.1. The third kappa shape index (κ3) is 4.61. The topological polar surface area (TPSA) is 80.7 Å². The maximum Gasteiger partial charge on any atom is 0.336 e. The largest absolute Gasteiger partial charge is 0.336 e. The van der Waals surface area contributed by atoms with Gasteiger partial charge in [-0.3, -0.25) is 14.3 Å². The number of halogens is 5. The molecular weight excluding hydrogens is 492 g/mol. The van der Waals surface area contributed by atoms with E-state index >= 15 is 0 Å². The SMILES string of the molecule is N#CCn1c(CCC2CC(F)(F)C2)c(-c2ccc(F)c(Cl)c2)c(=O)n(-c2cncc(Cl)c2)c1=O. The second-order valence-corrected chi connectivity index (χ2v) is 8.99. The molecule has 0 atom stereocenters. The van der Waals surface area contributed by atoms with Crippen LogP contribution < -0.4 is 11.2 Å². The molecule has 3 aromatic rings. The van der Waals surface area contributed by atoms with Crippen LogP contribution >= 0.6 is 23.2 Å². The maximum atomic E-state index is 13.8. The van der Waals surface area contributed by atoms with Crippen molar-refractivity contribution in [2.45, 2.75) is 38.2 Å². The van der Waals surface area contributed by atoms with E-state index in [1.165, 1.54) is 30.6 Å². The van der Waals surface area contributed by atoms with Gasteiger partial charge < -0.3 is 0 Å². The molecular formula is C23H17Cl2F3N4O2. The number of nitrogens with zero attached hydrogens (tertiary/aromatic N) is 4. The molecule has 1 saturated carbocycles. The van der Waals surface area contributed by atoms with Gasteiger partial charge in [0, 0.05) is 24.7 Å². The third-order valence-corrected chi connectivity index (χ3v) is 6.30. The van der Waals surface area contributed by atoms with E-state index in [0.717, 1.165) is 15.2 Å². The Bertz CT molecular complexity index is 1420. The first-order valence-electron chi connectivity index (χ1n) is 10.3. The maximum absolute atomic E-state index is 13.8. The van der Waals surface area contributed by atoms with Gasteiger partial charge in [0.25, 0.3) is 5.56 Å². The van der Waals surface area contributed by atoms with Crippen LogP contribution in [0.5, 0.6) is 0 Å². The van der Waals surface area contributed by atoms with Gasteiger partial charge in [-0.1, -0.05) is 29.3 Å². The van der Waals surface area contributed by atoms with E-state index in [-0.39, 0.29) is 64.2 Å². The summed E-state index contributed by atoms with van der Waals surface area (Å²) < 4.78 is 42.4. The van der Waals surface area contributed by atoms with E-state index < -0.39 is 29.5 Å². The van der Waals surface area contributed by atoms with Crippen LogP contribution in [0.2, 0.25) is 10.0 Å². The Labute approximate surface area is 201 Å². The summed E-state index contributed by atoms with van der Waals surface area (Å²) in [6, 6.07) is 6.93. The van der Waals surface area contributed by atoms with E-state index in [0.29, 0.717) is 0 Å². The first-order valence-corrected chi connectivity index (χ1v) is 11.1. The minimum absolute atomic E-state index is 0.0165. The lowest BCUT2D eigenvalue weighted by Gasteiger charge is -2.35. The summed E-state index contributed by atoms with van der Waals surface area (Å²) in [5, 5.41) is 9.33. The highest BCUT2D eigenvalue weighted by Gasteiger charge is 2.44. The Morgan fingerprint density at radius 3 is 2.53 bits per heavy atom. The van der Waals surface area contributed by atoms with E-state index in [1.54, 1.807) is 0 Å². The zero-order valence-electron chi connectivity index (χ0n) is 17.6. The number of aromatic nitrogens is 3. The summed E-state index contributed by atoms with van der Waals surface area (Å²) in [5.74, 6) is -3.70. The highest BCUT2D eigenvalue weighted by Crippen LogP contribution is 2.44. The predicted octanol–water partition coefficient (Wildman–Crippen LogP) is 5.01. The Morgan fingerprint density at radius 2 is 1.91 bits per heavy atom. The van der Waals surface area contributed by atoms with E-state index in [2.05, 4.69) is 4.98 Å². The molecule has 1 fully saturated rings. The fourth-order valence-corrected chi connectivity index (χ4v) is 4.56. The van der Waals surface area contributed by atoms with E-state index in [9.17, 15) is 28.0 Å².